The maximum absolute atomic E-state index is 11.6. The first-order valence-electron chi connectivity index (χ1n) is 13.7. The topological polar surface area (TPSA) is 69.6 Å². The molecule has 0 radical (unpaired) electrons. The van der Waals surface area contributed by atoms with Crippen LogP contribution in [-0.4, -0.2) is 34.9 Å². The first-order chi connectivity index (χ1) is 16.2. The lowest BCUT2D eigenvalue weighted by Crippen LogP contribution is -2.45. The molecule has 0 heterocycles. The Morgan fingerprint density at radius 3 is 1.70 bits per heavy atom. The van der Waals surface area contributed by atoms with E-state index in [9.17, 15) is 15.0 Å². The van der Waals surface area contributed by atoms with Crippen LogP contribution in [0.1, 0.15) is 123 Å². The maximum Gasteiger partial charge on any atom is 0.220 e. The third-order valence-electron chi connectivity index (χ3n) is 5.82. The molecule has 33 heavy (non-hydrogen) atoms. The Morgan fingerprint density at radius 2 is 1.18 bits per heavy atom. The highest BCUT2D eigenvalue weighted by molar-refractivity contribution is 5.76. The molecule has 0 saturated carbocycles. The molecule has 0 bridgehead atoms. The van der Waals surface area contributed by atoms with Gasteiger partial charge in [-0.05, 0) is 44.9 Å². The molecule has 2 unspecified atom stereocenters. The molecule has 0 aliphatic rings. The average Bonchev–Trinajstić information content (AvgIpc) is 2.81. The molecule has 0 aliphatic carbocycles. The van der Waals surface area contributed by atoms with Crippen molar-refractivity contribution in [2.45, 2.75) is 135 Å². The first kappa shape index (κ1) is 31.6. The largest absolute Gasteiger partial charge is 0.394 e. The highest BCUT2D eigenvalue weighted by atomic mass is 16.3. The van der Waals surface area contributed by atoms with Gasteiger partial charge < -0.3 is 15.5 Å². The minimum atomic E-state index is -0.861. The quantitative estimate of drug-likeness (QED) is 0.111. The van der Waals surface area contributed by atoms with Crippen LogP contribution >= 0.6 is 0 Å². The van der Waals surface area contributed by atoms with E-state index >= 15 is 0 Å². The molecule has 1 amide bonds. The van der Waals surface area contributed by atoms with Gasteiger partial charge in [-0.15, -0.1) is 0 Å². The van der Waals surface area contributed by atoms with Crippen LogP contribution in [0.25, 0.3) is 0 Å². The van der Waals surface area contributed by atoms with Crippen molar-refractivity contribution in [3.05, 3.63) is 36.5 Å². The lowest BCUT2D eigenvalue weighted by molar-refractivity contribution is -0.122. The molecular weight excluding hydrogens is 410 g/mol. The van der Waals surface area contributed by atoms with Gasteiger partial charge in [0.15, 0.2) is 0 Å². The Labute approximate surface area is 204 Å². The van der Waals surface area contributed by atoms with E-state index in [1.807, 2.05) is 13.0 Å². The van der Waals surface area contributed by atoms with Gasteiger partial charge in [-0.25, -0.2) is 0 Å². The number of aliphatic hydroxyl groups excluding tert-OH is 2. The van der Waals surface area contributed by atoms with Crippen LogP contribution in [0.15, 0.2) is 36.5 Å². The van der Waals surface area contributed by atoms with Gasteiger partial charge in [-0.1, -0.05) is 108 Å². The van der Waals surface area contributed by atoms with E-state index in [2.05, 4.69) is 36.5 Å². The number of nitrogens with one attached hydrogen (secondary N) is 1. The van der Waals surface area contributed by atoms with Gasteiger partial charge in [0, 0.05) is 6.42 Å². The zero-order valence-electron chi connectivity index (χ0n) is 21.6. The Balaban J connectivity index is 3.59. The van der Waals surface area contributed by atoms with Crippen molar-refractivity contribution in [3.63, 3.8) is 0 Å². The number of amides is 1. The van der Waals surface area contributed by atoms with Crippen molar-refractivity contribution in [2.24, 2.45) is 0 Å². The second kappa shape index (κ2) is 25.2. The fraction of sp³-hybridized carbons (Fsp3) is 0.759. The Hall–Kier alpha value is -1.39. The van der Waals surface area contributed by atoms with E-state index in [-0.39, 0.29) is 12.5 Å². The van der Waals surface area contributed by atoms with Crippen molar-refractivity contribution in [1.82, 2.24) is 5.32 Å². The Kier molecular flexibility index (Phi) is 24.2. The summed E-state index contributed by atoms with van der Waals surface area (Å²) in [6.07, 6.45) is 32.0. The molecule has 3 N–H and O–H groups in total. The number of hydrogen-bond acceptors (Lipinski definition) is 3. The highest BCUT2D eigenvalue weighted by Gasteiger charge is 2.17. The molecule has 0 saturated heterocycles. The number of carbonyl (C=O) groups excluding carboxylic acids is 1. The van der Waals surface area contributed by atoms with Crippen molar-refractivity contribution < 1.29 is 15.0 Å². The summed E-state index contributed by atoms with van der Waals surface area (Å²) in [5.41, 5.74) is 0. The molecule has 0 fully saturated rings. The summed E-state index contributed by atoms with van der Waals surface area (Å²) in [4.78, 5) is 11.6. The summed E-state index contributed by atoms with van der Waals surface area (Å²) in [7, 11) is 0. The minimum absolute atomic E-state index is 0.135. The van der Waals surface area contributed by atoms with Crippen molar-refractivity contribution in [1.29, 1.82) is 0 Å². The summed E-state index contributed by atoms with van der Waals surface area (Å²) in [5, 5.41) is 22.1. The standard InChI is InChI=1S/C29H53NO3/c1-3-5-6-7-8-9-10-11-12-13-14-15-16-17-18-19-20-21-22-23-25-28(32)27(26-31)30-29(33)24-4-2/h15-16,19-20,23,25,27-28,31-32H,3-14,17-18,21-22,24,26H2,1-2H3,(H,30,33)/b16-15+,20-19+,25-23+. The van der Waals surface area contributed by atoms with Gasteiger partial charge >= 0.3 is 0 Å². The Bertz CT molecular complexity index is 513. The molecule has 0 aromatic rings. The monoisotopic (exact) mass is 463 g/mol. The zero-order chi connectivity index (χ0) is 24.4. The predicted octanol–water partition coefficient (Wildman–Crippen LogP) is 7.16. The summed E-state index contributed by atoms with van der Waals surface area (Å²) >= 11 is 0. The van der Waals surface area contributed by atoms with E-state index in [4.69, 9.17) is 0 Å². The van der Waals surface area contributed by atoms with Crippen LogP contribution in [0, 0.1) is 0 Å². The normalized spacial score (nSPS) is 13.9. The zero-order valence-corrected chi connectivity index (χ0v) is 21.6. The number of allylic oxidation sites excluding steroid dienone is 5. The van der Waals surface area contributed by atoms with Crippen LogP contribution in [0.5, 0.6) is 0 Å². The van der Waals surface area contributed by atoms with Crippen LogP contribution in [-0.2, 0) is 4.79 Å². The van der Waals surface area contributed by atoms with Gasteiger partial charge in [0.2, 0.25) is 5.91 Å². The summed E-state index contributed by atoms with van der Waals surface area (Å²) in [5.74, 6) is -0.135. The second-order valence-corrected chi connectivity index (χ2v) is 9.09. The minimum Gasteiger partial charge on any atom is -0.394 e. The number of aliphatic hydroxyl groups is 2. The predicted molar refractivity (Wildman–Crippen MR) is 142 cm³/mol. The summed E-state index contributed by atoms with van der Waals surface area (Å²) in [6, 6.07) is -0.636. The summed E-state index contributed by atoms with van der Waals surface area (Å²) < 4.78 is 0. The molecule has 0 aromatic heterocycles. The van der Waals surface area contributed by atoms with E-state index in [0.717, 1.165) is 32.1 Å². The maximum atomic E-state index is 11.6. The molecular formula is C29H53NO3. The van der Waals surface area contributed by atoms with Crippen LogP contribution in [0.2, 0.25) is 0 Å². The van der Waals surface area contributed by atoms with Gasteiger partial charge in [-0.3, -0.25) is 4.79 Å². The highest BCUT2D eigenvalue weighted by Crippen LogP contribution is 2.11. The van der Waals surface area contributed by atoms with Gasteiger partial charge in [0.25, 0.3) is 0 Å². The van der Waals surface area contributed by atoms with E-state index in [1.54, 1.807) is 6.08 Å². The van der Waals surface area contributed by atoms with Gasteiger partial charge in [0.1, 0.15) is 0 Å². The van der Waals surface area contributed by atoms with Crippen LogP contribution < -0.4 is 5.32 Å². The smallest absolute Gasteiger partial charge is 0.220 e. The molecule has 0 aromatic carbocycles. The van der Waals surface area contributed by atoms with Crippen molar-refractivity contribution in [2.75, 3.05) is 6.61 Å². The molecule has 4 nitrogen and oxygen atoms in total. The molecule has 0 rings (SSSR count). The van der Waals surface area contributed by atoms with E-state index < -0.39 is 12.1 Å². The third-order valence-corrected chi connectivity index (χ3v) is 5.82. The number of hydrogen-bond donors (Lipinski definition) is 3. The number of unbranched alkanes of at least 4 members (excludes halogenated alkanes) is 12. The molecule has 0 spiro atoms. The van der Waals surface area contributed by atoms with Crippen LogP contribution in [0.3, 0.4) is 0 Å². The van der Waals surface area contributed by atoms with Crippen molar-refractivity contribution in [3.8, 4) is 0 Å². The second-order valence-electron chi connectivity index (χ2n) is 9.09. The molecule has 4 heteroatoms. The van der Waals surface area contributed by atoms with E-state index in [0.29, 0.717) is 6.42 Å². The first-order valence-corrected chi connectivity index (χ1v) is 13.7. The lowest BCUT2D eigenvalue weighted by Gasteiger charge is -2.19. The fourth-order valence-electron chi connectivity index (χ4n) is 3.72. The molecule has 2 atom stereocenters. The molecule has 0 aliphatic heterocycles. The van der Waals surface area contributed by atoms with Gasteiger partial charge in [0.05, 0.1) is 18.8 Å². The SMILES string of the molecule is CCCCCCCCCCCC/C=C/CC/C=C/CC/C=C/C(O)C(CO)NC(=O)CCC. The van der Waals surface area contributed by atoms with Gasteiger partial charge in [-0.2, -0.15) is 0 Å². The fourth-order valence-corrected chi connectivity index (χ4v) is 3.72. The number of rotatable bonds is 23. The average molecular weight is 464 g/mol. The van der Waals surface area contributed by atoms with Crippen molar-refractivity contribution >= 4 is 5.91 Å². The summed E-state index contributed by atoms with van der Waals surface area (Å²) in [6.45, 7) is 3.93. The lowest BCUT2D eigenvalue weighted by atomic mass is 10.1. The van der Waals surface area contributed by atoms with E-state index in [1.165, 1.54) is 70.6 Å². The third kappa shape index (κ3) is 22.2. The van der Waals surface area contributed by atoms with Crippen LogP contribution in [0.4, 0.5) is 0 Å². The number of carbonyl (C=O) groups is 1. The molecule has 192 valence electrons. The Morgan fingerprint density at radius 1 is 0.697 bits per heavy atom.